The largest absolute Gasteiger partial charge is 0.306 e. The number of hydrogen-bond acceptors (Lipinski definition) is 2. The summed E-state index contributed by atoms with van der Waals surface area (Å²) >= 11 is 0. The quantitative estimate of drug-likeness (QED) is 0.344. The summed E-state index contributed by atoms with van der Waals surface area (Å²) in [5, 5.41) is 0. The van der Waals surface area contributed by atoms with Gasteiger partial charge in [0.05, 0.1) is 11.1 Å². The third kappa shape index (κ3) is 5.02. The Labute approximate surface area is 196 Å². The third-order valence-electron chi connectivity index (χ3n) is 5.38. The fourth-order valence-corrected chi connectivity index (χ4v) is 3.67. The molecule has 4 rings (SSSR count). The molecule has 4 aromatic carbocycles. The van der Waals surface area contributed by atoms with Crippen LogP contribution in [0.1, 0.15) is 20.7 Å². The van der Waals surface area contributed by atoms with Gasteiger partial charge >= 0.3 is 0 Å². The highest BCUT2D eigenvalue weighted by atomic mass is 19.1. The number of rotatable bonds is 7. The zero-order chi connectivity index (χ0) is 23.9. The summed E-state index contributed by atoms with van der Waals surface area (Å²) in [5.74, 6) is -2.32. The molecule has 0 radical (unpaired) electrons. The lowest BCUT2D eigenvalue weighted by Gasteiger charge is -2.28. The van der Waals surface area contributed by atoms with Crippen molar-refractivity contribution in [2.45, 2.75) is 0 Å². The van der Waals surface area contributed by atoms with Crippen molar-refractivity contribution in [1.82, 2.24) is 0 Å². The number of benzene rings is 4. The van der Waals surface area contributed by atoms with Crippen molar-refractivity contribution >= 4 is 23.2 Å². The predicted octanol–water partition coefficient (Wildman–Crippen LogP) is 5.96. The topological polar surface area (TPSA) is 40.6 Å². The first-order valence-electron chi connectivity index (χ1n) is 10.8. The lowest BCUT2D eigenvalue weighted by Crippen LogP contribution is -2.42. The summed E-state index contributed by atoms with van der Waals surface area (Å²) < 4.78 is 28.8. The Morgan fingerprint density at radius 3 is 1.18 bits per heavy atom. The number of halogens is 2. The van der Waals surface area contributed by atoms with Crippen LogP contribution in [0.3, 0.4) is 0 Å². The smallest absolute Gasteiger partial charge is 0.261 e. The van der Waals surface area contributed by atoms with Gasteiger partial charge in [-0.25, -0.2) is 8.78 Å². The van der Waals surface area contributed by atoms with E-state index in [-0.39, 0.29) is 24.2 Å². The fourth-order valence-electron chi connectivity index (χ4n) is 3.67. The Morgan fingerprint density at radius 1 is 0.500 bits per heavy atom. The highest BCUT2D eigenvalue weighted by Crippen LogP contribution is 2.22. The molecule has 0 heterocycles. The van der Waals surface area contributed by atoms with Gasteiger partial charge in [0.15, 0.2) is 0 Å². The van der Waals surface area contributed by atoms with Crippen LogP contribution in [0.2, 0.25) is 0 Å². The molecule has 0 unspecified atom stereocenters. The Kier molecular flexibility index (Phi) is 7.08. The standard InChI is InChI=1S/C28H22F2N2O2/c29-25-17-9-7-15-23(25)27(33)31(21-11-3-1-4-12-21)19-20-32(22-13-5-2-6-14-22)28(34)24-16-8-10-18-26(24)30/h1-18H,19-20H2. The van der Waals surface area contributed by atoms with Crippen LogP contribution in [-0.2, 0) is 0 Å². The van der Waals surface area contributed by atoms with Crippen LogP contribution in [0, 0.1) is 11.6 Å². The number of nitrogens with zero attached hydrogens (tertiary/aromatic N) is 2. The molecule has 0 fully saturated rings. The first-order chi connectivity index (χ1) is 16.6. The maximum Gasteiger partial charge on any atom is 0.261 e. The molecule has 0 bridgehead atoms. The van der Waals surface area contributed by atoms with Crippen LogP contribution in [-0.4, -0.2) is 24.9 Å². The molecule has 6 heteroatoms. The lowest BCUT2D eigenvalue weighted by atomic mass is 10.1. The number of carbonyl (C=O) groups excluding carboxylic acids is 2. The number of anilines is 2. The number of hydrogen-bond donors (Lipinski definition) is 0. The van der Waals surface area contributed by atoms with Gasteiger partial charge in [0, 0.05) is 24.5 Å². The molecule has 0 spiro atoms. The van der Waals surface area contributed by atoms with Gasteiger partial charge in [0.25, 0.3) is 11.8 Å². The number of amides is 2. The second-order valence-electron chi connectivity index (χ2n) is 7.54. The first kappa shape index (κ1) is 22.9. The molecule has 0 N–H and O–H groups in total. The van der Waals surface area contributed by atoms with Crippen LogP contribution in [0.25, 0.3) is 0 Å². The fraction of sp³-hybridized carbons (Fsp3) is 0.0714. The lowest BCUT2D eigenvalue weighted by molar-refractivity contribution is 0.0963. The molecular formula is C28H22F2N2O2. The molecule has 4 aromatic rings. The van der Waals surface area contributed by atoms with Crippen LogP contribution in [0.4, 0.5) is 20.2 Å². The van der Waals surface area contributed by atoms with Crippen molar-refractivity contribution in [2.24, 2.45) is 0 Å². The monoisotopic (exact) mass is 456 g/mol. The zero-order valence-corrected chi connectivity index (χ0v) is 18.3. The predicted molar refractivity (Wildman–Crippen MR) is 129 cm³/mol. The summed E-state index contributed by atoms with van der Waals surface area (Å²) in [7, 11) is 0. The van der Waals surface area contributed by atoms with Crippen molar-refractivity contribution in [1.29, 1.82) is 0 Å². The van der Waals surface area contributed by atoms with Gasteiger partial charge in [0.2, 0.25) is 0 Å². The zero-order valence-electron chi connectivity index (χ0n) is 18.3. The van der Waals surface area contributed by atoms with Gasteiger partial charge in [-0.2, -0.15) is 0 Å². The van der Waals surface area contributed by atoms with E-state index in [1.54, 1.807) is 60.7 Å². The first-order valence-corrected chi connectivity index (χ1v) is 10.8. The van der Waals surface area contributed by atoms with Gasteiger partial charge in [-0.1, -0.05) is 60.7 Å². The minimum absolute atomic E-state index is 0.0618. The molecule has 0 saturated heterocycles. The highest BCUT2D eigenvalue weighted by molar-refractivity contribution is 6.08. The maximum atomic E-state index is 14.4. The van der Waals surface area contributed by atoms with Crippen molar-refractivity contribution in [2.75, 3.05) is 22.9 Å². The van der Waals surface area contributed by atoms with E-state index in [1.807, 2.05) is 12.1 Å². The van der Waals surface area contributed by atoms with Crippen molar-refractivity contribution in [3.8, 4) is 0 Å². The van der Waals surface area contributed by atoms with Crippen molar-refractivity contribution < 1.29 is 18.4 Å². The van der Waals surface area contributed by atoms with Crippen LogP contribution in [0.15, 0.2) is 109 Å². The Morgan fingerprint density at radius 2 is 0.824 bits per heavy atom. The molecule has 0 aromatic heterocycles. The molecule has 4 nitrogen and oxygen atoms in total. The molecule has 0 atom stereocenters. The van der Waals surface area contributed by atoms with E-state index in [1.165, 1.54) is 46.2 Å². The molecule has 2 amide bonds. The molecule has 0 aliphatic rings. The van der Waals surface area contributed by atoms with Crippen LogP contribution < -0.4 is 9.80 Å². The summed E-state index contributed by atoms with van der Waals surface area (Å²) in [6, 6.07) is 29.2. The molecular weight excluding hydrogens is 434 g/mol. The normalized spacial score (nSPS) is 10.5. The second kappa shape index (κ2) is 10.5. The molecule has 0 saturated carbocycles. The minimum atomic E-state index is -0.629. The Balaban J connectivity index is 1.68. The van der Waals surface area contributed by atoms with E-state index in [2.05, 4.69) is 0 Å². The van der Waals surface area contributed by atoms with E-state index in [9.17, 15) is 18.4 Å². The van der Waals surface area contributed by atoms with Gasteiger partial charge in [0.1, 0.15) is 11.6 Å². The maximum absolute atomic E-state index is 14.4. The summed E-state index contributed by atoms with van der Waals surface area (Å²) in [6.07, 6.45) is 0. The summed E-state index contributed by atoms with van der Waals surface area (Å²) in [5.41, 5.74) is 0.972. The Bertz CT molecular complexity index is 1180. The third-order valence-corrected chi connectivity index (χ3v) is 5.38. The average Bonchev–Trinajstić information content (AvgIpc) is 2.88. The number of carbonyl (C=O) groups is 2. The molecule has 170 valence electrons. The van der Waals surface area contributed by atoms with Crippen LogP contribution >= 0.6 is 0 Å². The van der Waals surface area contributed by atoms with Gasteiger partial charge < -0.3 is 9.80 Å². The number of para-hydroxylation sites is 2. The van der Waals surface area contributed by atoms with E-state index in [0.29, 0.717) is 11.4 Å². The average molecular weight is 456 g/mol. The summed E-state index contributed by atoms with van der Waals surface area (Å²) in [4.78, 5) is 29.5. The van der Waals surface area contributed by atoms with Gasteiger partial charge in [-0.15, -0.1) is 0 Å². The van der Waals surface area contributed by atoms with Crippen LogP contribution in [0.5, 0.6) is 0 Å². The van der Waals surface area contributed by atoms with Gasteiger partial charge in [-0.05, 0) is 48.5 Å². The van der Waals surface area contributed by atoms with Crippen molar-refractivity contribution in [3.63, 3.8) is 0 Å². The molecule has 0 aliphatic heterocycles. The van der Waals surface area contributed by atoms with Gasteiger partial charge in [-0.3, -0.25) is 9.59 Å². The van der Waals surface area contributed by atoms with E-state index >= 15 is 0 Å². The van der Waals surface area contributed by atoms with Crippen molar-refractivity contribution in [3.05, 3.63) is 132 Å². The Hall–Kier alpha value is -4.32. The van der Waals surface area contributed by atoms with E-state index < -0.39 is 23.4 Å². The second-order valence-corrected chi connectivity index (χ2v) is 7.54. The minimum Gasteiger partial charge on any atom is -0.306 e. The molecule has 0 aliphatic carbocycles. The molecule has 34 heavy (non-hydrogen) atoms. The van der Waals surface area contributed by atoms with E-state index in [4.69, 9.17) is 0 Å². The highest BCUT2D eigenvalue weighted by Gasteiger charge is 2.25. The van der Waals surface area contributed by atoms with E-state index in [0.717, 1.165) is 0 Å². The SMILES string of the molecule is O=C(c1ccccc1F)N(CCN(C(=O)c1ccccc1F)c1ccccc1)c1ccccc1. The summed E-state index contributed by atoms with van der Waals surface area (Å²) in [6.45, 7) is 0.124.